The van der Waals surface area contributed by atoms with E-state index in [2.05, 4.69) is 22.1 Å². The average Bonchev–Trinajstić information content (AvgIpc) is 3.34. The maximum atomic E-state index is 9.73. The summed E-state index contributed by atoms with van der Waals surface area (Å²) in [5, 5.41) is 19.3. The van der Waals surface area contributed by atoms with Crippen LogP contribution in [0.2, 0.25) is 0 Å². The van der Waals surface area contributed by atoms with Gasteiger partial charge >= 0.3 is 0 Å². The molecule has 29 heavy (non-hydrogen) atoms. The Hall–Kier alpha value is -4.03. The predicted molar refractivity (Wildman–Crippen MR) is 111 cm³/mol. The first-order valence-electron chi connectivity index (χ1n) is 9.21. The van der Waals surface area contributed by atoms with Crippen molar-refractivity contribution in [1.82, 2.24) is 14.5 Å². The summed E-state index contributed by atoms with van der Waals surface area (Å²) < 4.78 is 7.80. The Balaban J connectivity index is 1.85. The predicted octanol–water partition coefficient (Wildman–Crippen LogP) is 5.12. The van der Waals surface area contributed by atoms with Gasteiger partial charge in [-0.1, -0.05) is 12.1 Å². The number of nitriles is 2. The molecule has 0 aliphatic carbocycles. The third kappa shape index (κ3) is 2.92. The highest BCUT2D eigenvalue weighted by Gasteiger charge is 2.20. The van der Waals surface area contributed by atoms with Gasteiger partial charge in [-0.2, -0.15) is 10.5 Å². The molecule has 0 bridgehead atoms. The molecule has 3 heterocycles. The molecule has 0 spiro atoms. The standard InChI is InChI=1S/C23H19N5O/c1-13-9-17(15(3)28(13)23-19(12-25)14(2)16(4)29-23)10-18(11-24)22-26-20-7-5-6-8-21(20)27-22/h5-10H,1-4H3,(H,26,27)/b18-10-. The Morgan fingerprint density at radius 3 is 2.62 bits per heavy atom. The van der Waals surface area contributed by atoms with Crippen LogP contribution in [0.1, 0.15) is 39.7 Å². The molecule has 0 saturated carbocycles. The molecular weight excluding hydrogens is 362 g/mol. The molecule has 1 aromatic carbocycles. The molecule has 0 unspecified atom stereocenters. The summed E-state index contributed by atoms with van der Waals surface area (Å²) in [5.41, 5.74) is 6.18. The Labute approximate surface area is 168 Å². The van der Waals surface area contributed by atoms with Crippen LogP contribution in [0.15, 0.2) is 34.7 Å². The second-order valence-electron chi connectivity index (χ2n) is 7.01. The number of H-pyrrole nitrogens is 1. The number of aromatic nitrogens is 3. The molecular formula is C23H19N5O. The summed E-state index contributed by atoms with van der Waals surface area (Å²) in [6.45, 7) is 7.63. The van der Waals surface area contributed by atoms with Crippen LogP contribution in [0.3, 0.4) is 0 Å². The minimum Gasteiger partial charge on any atom is -0.443 e. The van der Waals surface area contributed by atoms with Crippen LogP contribution >= 0.6 is 0 Å². The smallest absolute Gasteiger partial charge is 0.222 e. The van der Waals surface area contributed by atoms with E-state index < -0.39 is 0 Å². The van der Waals surface area contributed by atoms with Crippen LogP contribution in [0, 0.1) is 50.4 Å². The zero-order valence-corrected chi connectivity index (χ0v) is 16.7. The van der Waals surface area contributed by atoms with E-state index in [9.17, 15) is 10.5 Å². The van der Waals surface area contributed by atoms with Gasteiger partial charge < -0.3 is 9.40 Å². The summed E-state index contributed by atoms with van der Waals surface area (Å²) >= 11 is 0. The molecule has 4 aromatic rings. The largest absolute Gasteiger partial charge is 0.443 e. The second kappa shape index (κ2) is 6.85. The van der Waals surface area contributed by atoms with Gasteiger partial charge in [-0.25, -0.2) is 4.98 Å². The number of rotatable bonds is 3. The van der Waals surface area contributed by atoms with E-state index in [0.29, 0.717) is 22.8 Å². The molecule has 0 aliphatic heterocycles. The van der Waals surface area contributed by atoms with Gasteiger partial charge in [0.1, 0.15) is 29.3 Å². The first-order valence-corrected chi connectivity index (χ1v) is 9.21. The molecule has 1 N–H and O–H groups in total. The number of benzene rings is 1. The number of imidazole rings is 1. The molecule has 142 valence electrons. The summed E-state index contributed by atoms with van der Waals surface area (Å²) in [7, 11) is 0. The minimum atomic E-state index is 0.439. The van der Waals surface area contributed by atoms with E-state index in [1.165, 1.54) is 0 Å². The minimum absolute atomic E-state index is 0.439. The van der Waals surface area contributed by atoms with Crippen LogP contribution in [0.5, 0.6) is 0 Å². The molecule has 0 saturated heterocycles. The molecule has 0 fully saturated rings. The van der Waals surface area contributed by atoms with Crippen molar-refractivity contribution in [1.29, 1.82) is 10.5 Å². The first-order chi connectivity index (χ1) is 13.9. The van der Waals surface area contributed by atoms with Crippen molar-refractivity contribution in [2.45, 2.75) is 27.7 Å². The van der Waals surface area contributed by atoms with Crippen molar-refractivity contribution in [2.24, 2.45) is 0 Å². The van der Waals surface area contributed by atoms with E-state index in [0.717, 1.165) is 39.3 Å². The van der Waals surface area contributed by atoms with Gasteiger partial charge in [-0.15, -0.1) is 0 Å². The fourth-order valence-electron chi connectivity index (χ4n) is 3.53. The highest BCUT2D eigenvalue weighted by atomic mass is 16.4. The number of furan rings is 1. The Bertz CT molecular complexity index is 1330. The Morgan fingerprint density at radius 2 is 1.93 bits per heavy atom. The Kier molecular flexibility index (Phi) is 4.33. The van der Waals surface area contributed by atoms with Gasteiger partial charge in [0.25, 0.3) is 0 Å². The van der Waals surface area contributed by atoms with Crippen LogP contribution in [-0.4, -0.2) is 14.5 Å². The number of fused-ring (bicyclic) bond motifs is 1. The lowest BCUT2D eigenvalue weighted by atomic mass is 10.1. The maximum Gasteiger partial charge on any atom is 0.222 e. The van der Waals surface area contributed by atoms with Crippen molar-refractivity contribution < 1.29 is 4.42 Å². The van der Waals surface area contributed by atoms with Crippen molar-refractivity contribution in [2.75, 3.05) is 0 Å². The summed E-state index contributed by atoms with van der Waals surface area (Å²) in [5.74, 6) is 1.77. The number of aromatic amines is 1. The molecule has 0 radical (unpaired) electrons. The van der Waals surface area contributed by atoms with Crippen LogP contribution in [0.4, 0.5) is 0 Å². The molecule has 6 heteroatoms. The topological polar surface area (TPSA) is 94.3 Å². The second-order valence-corrected chi connectivity index (χ2v) is 7.01. The monoisotopic (exact) mass is 381 g/mol. The van der Waals surface area contributed by atoms with Gasteiger partial charge in [-0.3, -0.25) is 4.57 Å². The SMILES string of the molecule is Cc1oc(-n2c(C)cc(/C=C(/C#N)c3nc4ccccc4[nH]3)c2C)c(C#N)c1C. The van der Waals surface area contributed by atoms with E-state index >= 15 is 0 Å². The highest BCUT2D eigenvalue weighted by Crippen LogP contribution is 2.30. The number of allylic oxidation sites excluding steroid dienone is 1. The number of hydrogen-bond donors (Lipinski definition) is 1. The lowest BCUT2D eigenvalue weighted by Crippen LogP contribution is -2.00. The lowest BCUT2D eigenvalue weighted by molar-refractivity contribution is 0.503. The zero-order chi connectivity index (χ0) is 20.7. The van der Waals surface area contributed by atoms with Crippen molar-refractivity contribution in [3.8, 4) is 18.0 Å². The lowest BCUT2D eigenvalue weighted by Gasteiger charge is -2.06. The quantitative estimate of drug-likeness (QED) is 0.499. The molecule has 0 atom stereocenters. The van der Waals surface area contributed by atoms with Gasteiger partial charge in [0.05, 0.1) is 16.6 Å². The number of hydrogen-bond acceptors (Lipinski definition) is 4. The van der Waals surface area contributed by atoms with Crippen LogP contribution in [0.25, 0.3) is 28.6 Å². The fraction of sp³-hybridized carbons (Fsp3) is 0.174. The first kappa shape index (κ1) is 18.3. The molecule has 3 aromatic heterocycles. The number of nitrogens with zero attached hydrogens (tertiary/aromatic N) is 4. The van der Waals surface area contributed by atoms with Crippen LogP contribution < -0.4 is 0 Å². The van der Waals surface area contributed by atoms with Gasteiger partial charge in [0.2, 0.25) is 5.88 Å². The molecule has 6 nitrogen and oxygen atoms in total. The Morgan fingerprint density at radius 1 is 1.17 bits per heavy atom. The van der Waals surface area contributed by atoms with E-state index in [1.54, 1.807) is 0 Å². The van der Waals surface area contributed by atoms with Crippen LogP contribution in [-0.2, 0) is 0 Å². The highest BCUT2D eigenvalue weighted by molar-refractivity contribution is 5.90. The van der Waals surface area contributed by atoms with E-state index in [-0.39, 0.29) is 0 Å². The molecule has 0 aliphatic rings. The van der Waals surface area contributed by atoms with Crippen molar-refractivity contribution in [3.05, 3.63) is 70.0 Å². The third-order valence-corrected chi connectivity index (χ3v) is 5.22. The van der Waals surface area contributed by atoms with Gasteiger partial charge in [0, 0.05) is 17.0 Å². The van der Waals surface area contributed by atoms with Crippen molar-refractivity contribution in [3.63, 3.8) is 0 Å². The normalized spacial score (nSPS) is 11.6. The summed E-state index contributed by atoms with van der Waals surface area (Å²) in [4.78, 5) is 7.72. The van der Waals surface area contributed by atoms with E-state index in [4.69, 9.17) is 4.42 Å². The molecule has 0 amide bonds. The average molecular weight is 381 g/mol. The zero-order valence-electron chi connectivity index (χ0n) is 16.7. The third-order valence-electron chi connectivity index (χ3n) is 5.22. The fourth-order valence-corrected chi connectivity index (χ4v) is 3.53. The molecule has 4 rings (SSSR count). The number of nitrogens with one attached hydrogen (secondary N) is 1. The number of para-hydroxylation sites is 2. The maximum absolute atomic E-state index is 9.73. The summed E-state index contributed by atoms with van der Waals surface area (Å²) in [6.07, 6.45) is 1.81. The van der Waals surface area contributed by atoms with E-state index in [1.807, 2.05) is 68.7 Å². The van der Waals surface area contributed by atoms with Gasteiger partial charge in [-0.05, 0) is 57.5 Å². The number of aryl methyl sites for hydroxylation is 2. The van der Waals surface area contributed by atoms with Crippen molar-refractivity contribution >= 4 is 22.7 Å². The van der Waals surface area contributed by atoms with Gasteiger partial charge in [0.15, 0.2) is 0 Å². The summed E-state index contributed by atoms with van der Waals surface area (Å²) in [6, 6.07) is 14.1.